The molecule has 34 heavy (non-hydrogen) atoms. The van der Waals surface area contributed by atoms with Crippen molar-refractivity contribution in [2.24, 2.45) is 0 Å². The number of benzene rings is 3. The van der Waals surface area contributed by atoms with Gasteiger partial charge >= 0.3 is 0 Å². The molecule has 3 aromatic rings. The van der Waals surface area contributed by atoms with Crippen molar-refractivity contribution in [3.8, 4) is 5.75 Å². The van der Waals surface area contributed by atoms with Gasteiger partial charge in [-0.1, -0.05) is 41.4 Å². The van der Waals surface area contributed by atoms with Crippen molar-refractivity contribution >= 4 is 46.3 Å². The summed E-state index contributed by atoms with van der Waals surface area (Å²) in [5.74, 6) is -0.973. The number of rotatable bonds is 3. The number of Topliss-reactive ketones (excluding diaryl/α,β-unsaturated/α-hetero) is 1. The maximum atomic E-state index is 13.3. The number of hydrogen-bond donors (Lipinski definition) is 1. The summed E-state index contributed by atoms with van der Waals surface area (Å²) in [5.41, 5.74) is 3.43. The fraction of sp³-hybridized carbons (Fsp3) is 0.185. The summed E-state index contributed by atoms with van der Waals surface area (Å²) in [6.07, 6.45) is 0.736. The van der Waals surface area contributed by atoms with Gasteiger partial charge in [0.1, 0.15) is 17.6 Å². The summed E-state index contributed by atoms with van der Waals surface area (Å²) < 4.78 is 5.75. The van der Waals surface area contributed by atoms with Crippen LogP contribution in [0.3, 0.4) is 0 Å². The monoisotopic (exact) mass is 493 g/mol. The molecule has 0 aliphatic carbocycles. The van der Waals surface area contributed by atoms with E-state index >= 15 is 0 Å². The third-order valence-electron chi connectivity index (χ3n) is 6.15. The van der Waals surface area contributed by atoms with Crippen LogP contribution in [0, 0.1) is 6.92 Å². The number of nitrogens with zero attached hydrogens (tertiary/aromatic N) is 1. The Balaban J connectivity index is 1.71. The number of carbonyl (C=O) groups is 2. The normalized spacial score (nSPS) is 21.0. The fourth-order valence-corrected chi connectivity index (χ4v) is 4.91. The number of ether oxygens (including phenoxy) is 1. The maximum Gasteiger partial charge on any atom is 0.300 e. The minimum absolute atomic E-state index is 0.00295. The van der Waals surface area contributed by atoms with E-state index in [0.717, 1.165) is 16.9 Å². The van der Waals surface area contributed by atoms with Gasteiger partial charge in [-0.2, -0.15) is 0 Å². The summed E-state index contributed by atoms with van der Waals surface area (Å²) in [6, 6.07) is 16.6. The van der Waals surface area contributed by atoms with Crippen LogP contribution < -0.4 is 9.64 Å². The molecule has 0 aromatic heterocycles. The van der Waals surface area contributed by atoms with E-state index in [2.05, 4.69) is 0 Å². The zero-order chi connectivity index (χ0) is 24.1. The molecule has 2 unspecified atom stereocenters. The van der Waals surface area contributed by atoms with Gasteiger partial charge in [0, 0.05) is 17.7 Å². The van der Waals surface area contributed by atoms with Gasteiger partial charge < -0.3 is 9.84 Å². The van der Waals surface area contributed by atoms with Gasteiger partial charge in [0.15, 0.2) is 0 Å². The first-order chi connectivity index (χ1) is 16.2. The smallest absolute Gasteiger partial charge is 0.300 e. The molecule has 1 saturated heterocycles. The van der Waals surface area contributed by atoms with Crippen LogP contribution in [-0.4, -0.2) is 22.9 Å². The Morgan fingerprint density at radius 1 is 1.03 bits per heavy atom. The minimum atomic E-state index is -0.875. The van der Waals surface area contributed by atoms with Crippen molar-refractivity contribution in [3.63, 3.8) is 0 Å². The molecular formula is C27H21Cl2NO4. The molecule has 0 saturated carbocycles. The molecule has 2 aliphatic rings. The molecule has 2 atom stereocenters. The Morgan fingerprint density at radius 2 is 1.82 bits per heavy atom. The summed E-state index contributed by atoms with van der Waals surface area (Å²) in [7, 11) is 0. The number of ketones is 1. The molecule has 0 spiro atoms. The van der Waals surface area contributed by atoms with Crippen LogP contribution in [0.1, 0.15) is 35.2 Å². The quantitative estimate of drug-likeness (QED) is 0.266. The van der Waals surface area contributed by atoms with Crippen molar-refractivity contribution in [2.45, 2.75) is 32.4 Å². The van der Waals surface area contributed by atoms with Crippen molar-refractivity contribution in [1.82, 2.24) is 0 Å². The van der Waals surface area contributed by atoms with Crippen molar-refractivity contribution in [1.29, 1.82) is 0 Å². The van der Waals surface area contributed by atoms with Crippen LogP contribution in [0.2, 0.25) is 10.0 Å². The predicted molar refractivity (Wildman–Crippen MR) is 133 cm³/mol. The molecule has 2 heterocycles. The Labute approximate surface area is 207 Å². The Bertz CT molecular complexity index is 1380. The van der Waals surface area contributed by atoms with Gasteiger partial charge in [-0.05, 0) is 73.0 Å². The van der Waals surface area contributed by atoms with E-state index in [9.17, 15) is 14.7 Å². The number of amides is 1. The van der Waals surface area contributed by atoms with Crippen LogP contribution in [0.15, 0.2) is 66.2 Å². The van der Waals surface area contributed by atoms with Crippen molar-refractivity contribution in [2.75, 3.05) is 4.90 Å². The average Bonchev–Trinajstić information content (AvgIpc) is 3.30. The van der Waals surface area contributed by atoms with E-state index in [1.807, 2.05) is 32.0 Å². The number of hydrogen-bond acceptors (Lipinski definition) is 4. The second-order valence-electron chi connectivity index (χ2n) is 8.64. The molecule has 0 radical (unpaired) electrons. The number of aliphatic hydroxyl groups excluding tert-OH is 1. The van der Waals surface area contributed by atoms with E-state index in [0.29, 0.717) is 28.3 Å². The summed E-state index contributed by atoms with van der Waals surface area (Å²) in [5, 5.41) is 12.0. The van der Waals surface area contributed by atoms with Crippen molar-refractivity contribution < 1.29 is 19.4 Å². The first kappa shape index (κ1) is 22.5. The summed E-state index contributed by atoms with van der Waals surface area (Å²) >= 11 is 12.4. The number of fused-ring (bicyclic) bond motifs is 1. The topological polar surface area (TPSA) is 66.8 Å². The van der Waals surface area contributed by atoms with E-state index in [-0.39, 0.29) is 22.5 Å². The lowest BCUT2D eigenvalue weighted by Gasteiger charge is -2.26. The summed E-state index contributed by atoms with van der Waals surface area (Å²) in [4.78, 5) is 28.0. The van der Waals surface area contributed by atoms with Crippen LogP contribution in [0.25, 0.3) is 5.76 Å². The van der Waals surface area contributed by atoms with E-state index in [1.54, 1.807) is 42.5 Å². The van der Waals surface area contributed by atoms with E-state index < -0.39 is 17.7 Å². The minimum Gasteiger partial charge on any atom is -0.507 e. The lowest BCUT2D eigenvalue weighted by atomic mass is 9.94. The molecule has 5 nitrogen and oxygen atoms in total. The van der Waals surface area contributed by atoms with Gasteiger partial charge in [-0.25, -0.2) is 0 Å². The number of aliphatic hydroxyl groups is 1. The Morgan fingerprint density at radius 3 is 2.56 bits per heavy atom. The number of halogens is 2. The van der Waals surface area contributed by atoms with Gasteiger partial charge in [0.25, 0.3) is 11.7 Å². The SMILES string of the molecule is Cc1cccc(N2C(=O)C(=O)/C(=C(\O)c3ccc4c(c3)CC(C)O4)C2c2ccc(Cl)c(Cl)c2)c1. The highest BCUT2D eigenvalue weighted by Gasteiger charge is 2.47. The predicted octanol–water partition coefficient (Wildman–Crippen LogP) is 6.25. The van der Waals surface area contributed by atoms with Gasteiger partial charge in [0.2, 0.25) is 0 Å². The molecule has 0 bridgehead atoms. The zero-order valence-corrected chi connectivity index (χ0v) is 20.0. The van der Waals surface area contributed by atoms with Gasteiger partial charge in [0.05, 0.1) is 21.7 Å². The third-order valence-corrected chi connectivity index (χ3v) is 6.89. The molecule has 1 amide bonds. The van der Waals surface area contributed by atoms with Crippen molar-refractivity contribution in [3.05, 3.63) is 98.5 Å². The maximum absolute atomic E-state index is 13.3. The standard InChI is InChI=1S/C27H21Cl2NO4/c1-14-4-3-5-19(10-14)30-24(16-6-8-20(28)21(29)13-16)23(26(32)27(30)33)25(31)17-7-9-22-18(12-17)11-15(2)34-22/h3-10,12-13,15,24,31H,11H2,1-2H3/b25-23-. The zero-order valence-electron chi connectivity index (χ0n) is 18.5. The highest BCUT2D eigenvalue weighted by Crippen LogP contribution is 2.44. The van der Waals surface area contributed by atoms with Gasteiger partial charge in [-0.3, -0.25) is 14.5 Å². The molecule has 2 aliphatic heterocycles. The van der Waals surface area contributed by atoms with Crippen LogP contribution >= 0.6 is 23.2 Å². The van der Waals surface area contributed by atoms with E-state index in [1.165, 1.54) is 4.90 Å². The molecule has 1 N–H and O–H groups in total. The molecular weight excluding hydrogens is 473 g/mol. The molecule has 1 fully saturated rings. The molecule has 3 aromatic carbocycles. The second kappa shape index (κ2) is 8.49. The number of carbonyl (C=O) groups excluding carboxylic acids is 2. The van der Waals surface area contributed by atoms with Crippen LogP contribution in [-0.2, 0) is 16.0 Å². The lowest BCUT2D eigenvalue weighted by Crippen LogP contribution is -2.29. The van der Waals surface area contributed by atoms with Crippen LogP contribution in [0.5, 0.6) is 5.75 Å². The molecule has 172 valence electrons. The molecule has 5 rings (SSSR count). The molecule has 7 heteroatoms. The average molecular weight is 494 g/mol. The summed E-state index contributed by atoms with van der Waals surface area (Å²) in [6.45, 7) is 3.87. The van der Waals surface area contributed by atoms with E-state index in [4.69, 9.17) is 27.9 Å². The fourth-order valence-electron chi connectivity index (χ4n) is 4.60. The largest absolute Gasteiger partial charge is 0.507 e. The lowest BCUT2D eigenvalue weighted by molar-refractivity contribution is -0.132. The Kier molecular flexibility index (Phi) is 5.62. The third kappa shape index (κ3) is 3.75. The van der Waals surface area contributed by atoms with Gasteiger partial charge in [-0.15, -0.1) is 0 Å². The highest BCUT2D eigenvalue weighted by atomic mass is 35.5. The number of aryl methyl sites for hydroxylation is 1. The first-order valence-corrected chi connectivity index (χ1v) is 11.6. The van der Waals surface area contributed by atoms with Crippen LogP contribution in [0.4, 0.5) is 5.69 Å². The highest BCUT2D eigenvalue weighted by molar-refractivity contribution is 6.51. The number of anilines is 1. The first-order valence-electron chi connectivity index (χ1n) is 10.9. The second-order valence-corrected chi connectivity index (χ2v) is 9.45. The Hall–Kier alpha value is -3.28.